The van der Waals surface area contributed by atoms with E-state index in [0.29, 0.717) is 19.6 Å². The lowest BCUT2D eigenvalue weighted by atomic mass is 9.96. The molecule has 2 N–H and O–H groups in total. The summed E-state index contributed by atoms with van der Waals surface area (Å²) in [5, 5.41) is 6.62. The highest BCUT2D eigenvalue weighted by Gasteiger charge is 2.45. The summed E-state index contributed by atoms with van der Waals surface area (Å²) in [7, 11) is -1.29. The number of sulfonamides is 1. The lowest BCUT2D eigenvalue weighted by Gasteiger charge is -2.21. The SMILES string of the molecule is CN=C(NCCN1CCCS1(=O)=O)NCC1(c2ccccc2Br)CC1. The molecular weight excluding hydrogens is 404 g/mol. The first-order valence-electron chi connectivity index (χ1n) is 8.64. The highest BCUT2D eigenvalue weighted by atomic mass is 79.9. The number of aliphatic imine (C=N–C) groups is 1. The molecule has 0 unspecified atom stereocenters. The standard InChI is InChI=1S/C17H25BrN4O2S/c1-19-16(20-9-11-22-10-4-12-25(22,23)24)21-13-17(7-8-17)14-5-2-3-6-15(14)18/h2-3,5-6H,4,7-13H2,1H3,(H2,19,20,21). The third kappa shape index (κ3) is 4.35. The van der Waals surface area contributed by atoms with Crippen molar-refractivity contribution in [3.8, 4) is 0 Å². The van der Waals surface area contributed by atoms with Gasteiger partial charge < -0.3 is 10.6 Å². The average molecular weight is 429 g/mol. The maximum Gasteiger partial charge on any atom is 0.214 e. The van der Waals surface area contributed by atoms with E-state index in [1.165, 1.54) is 5.56 Å². The molecule has 0 radical (unpaired) electrons. The molecule has 2 fully saturated rings. The molecule has 8 heteroatoms. The monoisotopic (exact) mass is 428 g/mol. The summed E-state index contributed by atoms with van der Waals surface area (Å²) < 4.78 is 26.3. The Hall–Kier alpha value is -1.12. The quantitative estimate of drug-likeness (QED) is 0.533. The zero-order chi connectivity index (χ0) is 17.9. The molecule has 1 saturated heterocycles. The van der Waals surface area contributed by atoms with Gasteiger partial charge >= 0.3 is 0 Å². The Balaban J connectivity index is 1.49. The highest BCUT2D eigenvalue weighted by molar-refractivity contribution is 9.10. The van der Waals surface area contributed by atoms with E-state index >= 15 is 0 Å². The molecule has 1 aromatic rings. The fraction of sp³-hybridized carbons (Fsp3) is 0.588. The van der Waals surface area contributed by atoms with Gasteiger partial charge in [0.1, 0.15) is 0 Å². The summed E-state index contributed by atoms with van der Waals surface area (Å²) in [4.78, 5) is 4.25. The summed E-state index contributed by atoms with van der Waals surface area (Å²) in [5.74, 6) is 0.990. The molecule has 2 aliphatic rings. The first kappa shape index (κ1) is 18.7. The molecule has 1 aliphatic heterocycles. The maximum absolute atomic E-state index is 11.8. The van der Waals surface area contributed by atoms with Crippen LogP contribution in [0.2, 0.25) is 0 Å². The van der Waals surface area contributed by atoms with Gasteiger partial charge in [0.25, 0.3) is 0 Å². The Kier molecular flexibility index (Phi) is 5.70. The predicted octanol–water partition coefficient (Wildman–Crippen LogP) is 1.68. The van der Waals surface area contributed by atoms with Crippen LogP contribution in [0.25, 0.3) is 0 Å². The summed E-state index contributed by atoms with van der Waals surface area (Å²) in [5.41, 5.74) is 1.50. The minimum absolute atomic E-state index is 0.163. The molecule has 1 aliphatic carbocycles. The van der Waals surface area contributed by atoms with E-state index in [-0.39, 0.29) is 11.2 Å². The van der Waals surface area contributed by atoms with Gasteiger partial charge in [0.2, 0.25) is 10.0 Å². The van der Waals surface area contributed by atoms with Gasteiger partial charge in [0, 0.05) is 43.1 Å². The van der Waals surface area contributed by atoms with Crippen molar-refractivity contribution in [2.24, 2.45) is 4.99 Å². The summed E-state index contributed by atoms with van der Waals surface area (Å²) in [6.07, 6.45) is 3.04. The smallest absolute Gasteiger partial charge is 0.214 e. The maximum atomic E-state index is 11.8. The first-order valence-corrected chi connectivity index (χ1v) is 11.0. The van der Waals surface area contributed by atoms with Crippen LogP contribution in [0.1, 0.15) is 24.8 Å². The van der Waals surface area contributed by atoms with Crippen LogP contribution in [-0.4, -0.2) is 57.7 Å². The number of benzene rings is 1. The molecule has 0 atom stereocenters. The fourth-order valence-electron chi connectivity index (χ4n) is 3.30. The molecule has 1 heterocycles. The Bertz CT molecular complexity index is 747. The number of rotatable bonds is 6. The van der Waals surface area contributed by atoms with Crippen LogP contribution in [0.5, 0.6) is 0 Å². The third-order valence-electron chi connectivity index (χ3n) is 4.97. The molecule has 0 spiro atoms. The van der Waals surface area contributed by atoms with Gasteiger partial charge in [0.05, 0.1) is 5.75 Å². The molecule has 0 aromatic heterocycles. The van der Waals surface area contributed by atoms with Gasteiger partial charge in [-0.3, -0.25) is 4.99 Å². The van der Waals surface area contributed by atoms with Gasteiger partial charge in [-0.2, -0.15) is 0 Å². The second kappa shape index (κ2) is 7.63. The number of nitrogens with one attached hydrogen (secondary N) is 2. The van der Waals surface area contributed by atoms with Crippen molar-refractivity contribution >= 4 is 31.9 Å². The van der Waals surface area contributed by atoms with Crippen LogP contribution in [0.15, 0.2) is 33.7 Å². The highest BCUT2D eigenvalue weighted by Crippen LogP contribution is 2.49. The number of halogens is 1. The van der Waals surface area contributed by atoms with Gasteiger partial charge in [-0.15, -0.1) is 0 Å². The van der Waals surface area contributed by atoms with E-state index in [2.05, 4.69) is 49.8 Å². The largest absolute Gasteiger partial charge is 0.356 e. The zero-order valence-electron chi connectivity index (χ0n) is 14.5. The van der Waals surface area contributed by atoms with Gasteiger partial charge in [0.15, 0.2) is 5.96 Å². The van der Waals surface area contributed by atoms with Crippen LogP contribution in [0, 0.1) is 0 Å². The van der Waals surface area contributed by atoms with Crippen LogP contribution in [-0.2, 0) is 15.4 Å². The average Bonchev–Trinajstić information content (AvgIpc) is 3.29. The second-order valence-electron chi connectivity index (χ2n) is 6.68. The number of hydrogen-bond acceptors (Lipinski definition) is 3. The lowest BCUT2D eigenvalue weighted by Crippen LogP contribution is -2.44. The predicted molar refractivity (Wildman–Crippen MR) is 104 cm³/mol. The van der Waals surface area contributed by atoms with Crippen molar-refractivity contribution in [3.63, 3.8) is 0 Å². The van der Waals surface area contributed by atoms with Gasteiger partial charge in [-0.25, -0.2) is 12.7 Å². The number of hydrogen-bond donors (Lipinski definition) is 2. The van der Waals surface area contributed by atoms with Crippen LogP contribution in [0.3, 0.4) is 0 Å². The van der Waals surface area contributed by atoms with E-state index in [4.69, 9.17) is 0 Å². The van der Waals surface area contributed by atoms with Crippen molar-refractivity contribution in [2.75, 3.05) is 39.0 Å². The summed E-state index contributed by atoms with van der Waals surface area (Å²) >= 11 is 3.65. The topological polar surface area (TPSA) is 73.8 Å². The van der Waals surface area contributed by atoms with E-state index in [9.17, 15) is 8.42 Å². The number of nitrogens with zero attached hydrogens (tertiary/aromatic N) is 2. The molecule has 25 heavy (non-hydrogen) atoms. The zero-order valence-corrected chi connectivity index (χ0v) is 16.9. The molecular formula is C17H25BrN4O2S. The Morgan fingerprint density at radius 3 is 2.68 bits per heavy atom. The normalized spacial score (nSPS) is 21.9. The Morgan fingerprint density at radius 1 is 1.32 bits per heavy atom. The van der Waals surface area contributed by atoms with Crippen LogP contribution >= 0.6 is 15.9 Å². The summed E-state index contributed by atoms with van der Waals surface area (Å²) in [6.45, 7) is 2.48. The Morgan fingerprint density at radius 2 is 2.08 bits per heavy atom. The van der Waals surface area contributed by atoms with Crippen molar-refractivity contribution in [2.45, 2.75) is 24.7 Å². The van der Waals surface area contributed by atoms with E-state index < -0.39 is 10.0 Å². The van der Waals surface area contributed by atoms with Crippen molar-refractivity contribution in [1.82, 2.24) is 14.9 Å². The van der Waals surface area contributed by atoms with Crippen LogP contribution in [0.4, 0.5) is 0 Å². The van der Waals surface area contributed by atoms with E-state index in [1.54, 1.807) is 11.4 Å². The molecule has 0 bridgehead atoms. The molecule has 6 nitrogen and oxygen atoms in total. The minimum Gasteiger partial charge on any atom is -0.356 e. The molecule has 1 saturated carbocycles. The van der Waals surface area contributed by atoms with Crippen molar-refractivity contribution < 1.29 is 8.42 Å². The fourth-order valence-corrected chi connectivity index (χ4v) is 5.53. The third-order valence-corrected chi connectivity index (χ3v) is 7.62. The summed E-state index contributed by atoms with van der Waals surface area (Å²) in [6, 6.07) is 8.36. The lowest BCUT2D eigenvalue weighted by molar-refractivity contribution is 0.444. The van der Waals surface area contributed by atoms with Gasteiger partial charge in [-0.05, 0) is 30.9 Å². The molecule has 3 rings (SSSR count). The van der Waals surface area contributed by atoms with Crippen molar-refractivity contribution in [3.05, 3.63) is 34.3 Å². The molecule has 138 valence electrons. The minimum atomic E-state index is -3.03. The second-order valence-corrected chi connectivity index (χ2v) is 9.62. The van der Waals surface area contributed by atoms with Gasteiger partial charge in [-0.1, -0.05) is 34.1 Å². The molecule has 0 amide bonds. The van der Waals surface area contributed by atoms with E-state index in [1.807, 2.05) is 6.07 Å². The first-order chi connectivity index (χ1) is 12.0. The molecule has 1 aromatic carbocycles. The van der Waals surface area contributed by atoms with Crippen LogP contribution < -0.4 is 10.6 Å². The number of guanidine groups is 1. The Labute approximate surface area is 158 Å². The van der Waals surface area contributed by atoms with Crippen molar-refractivity contribution in [1.29, 1.82) is 0 Å². The van der Waals surface area contributed by atoms with E-state index in [0.717, 1.165) is 36.2 Å².